The van der Waals surface area contributed by atoms with E-state index in [2.05, 4.69) is 11.2 Å². The van der Waals surface area contributed by atoms with Crippen molar-refractivity contribution >= 4 is 5.91 Å². The highest BCUT2D eigenvalue weighted by molar-refractivity contribution is 5.78. The van der Waals surface area contributed by atoms with Crippen molar-refractivity contribution in [3.63, 3.8) is 0 Å². The molecule has 0 atom stereocenters. The first kappa shape index (κ1) is 12.1. The van der Waals surface area contributed by atoms with Gasteiger partial charge in [0.15, 0.2) is 0 Å². The average Bonchev–Trinajstić information content (AvgIpc) is 2.17. The fourth-order valence-corrected chi connectivity index (χ4v) is 1.85. The molecule has 1 N–H and O–H groups in total. The molecule has 15 heavy (non-hydrogen) atoms. The lowest BCUT2D eigenvalue weighted by Crippen LogP contribution is -2.39. The summed E-state index contributed by atoms with van der Waals surface area (Å²) in [5, 5.41) is 2.94. The van der Waals surface area contributed by atoms with Crippen LogP contribution < -0.4 is 5.32 Å². The minimum atomic E-state index is 0.187. The van der Waals surface area contributed by atoms with Crippen LogP contribution in [-0.2, 0) is 4.79 Å². The zero-order valence-electron chi connectivity index (χ0n) is 9.30. The number of amides is 1. The van der Waals surface area contributed by atoms with Crippen molar-refractivity contribution in [2.24, 2.45) is 0 Å². The van der Waals surface area contributed by atoms with Crippen LogP contribution in [0.25, 0.3) is 0 Å². The molecule has 0 aromatic heterocycles. The summed E-state index contributed by atoms with van der Waals surface area (Å²) in [6.07, 6.45) is 11.2. The summed E-state index contributed by atoms with van der Waals surface area (Å²) >= 11 is 0. The Morgan fingerprint density at radius 2 is 1.80 bits per heavy atom. The number of hydrogen-bond acceptors (Lipinski definition) is 2. The van der Waals surface area contributed by atoms with E-state index in [0.29, 0.717) is 13.1 Å². The third kappa shape index (κ3) is 4.85. The van der Waals surface area contributed by atoms with E-state index in [1.54, 1.807) is 0 Å². The zero-order valence-corrected chi connectivity index (χ0v) is 9.30. The van der Waals surface area contributed by atoms with Crippen LogP contribution in [0.3, 0.4) is 0 Å². The van der Waals surface area contributed by atoms with Gasteiger partial charge in [0.2, 0.25) is 5.91 Å². The molecule has 1 rings (SSSR count). The third-order valence-electron chi connectivity index (χ3n) is 2.71. The predicted molar refractivity (Wildman–Crippen MR) is 61.4 cm³/mol. The fourth-order valence-electron chi connectivity index (χ4n) is 1.85. The normalized spacial score (nSPS) is 17.7. The molecule has 0 spiro atoms. The molecule has 0 unspecified atom stereocenters. The van der Waals surface area contributed by atoms with Gasteiger partial charge < -0.3 is 4.90 Å². The molecular formula is C12H20N2O. The largest absolute Gasteiger partial charge is 0.342 e. The Labute approximate surface area is 92.2 Å². The number of carbonyl (C=O) groups is 1. The van der Waals surface area contributed by atoms with Crippen molar-refractivity contribution in [3.8, 4) is 12.3 Å². The summed E-state index contributed by atoms with van der Waals surface area (Å²) in [6, 6.07) is 0. The number of rotatable bonds is 3. The summed E-state index contributed by atoms with van der Waals surface area (Å²) in [5.41, 5.74) is 0. The van der Waals surface area contributed by atoms with Gasteiger partial charge in [-0.05, 0) is 12.8 Å². The smallest absolute Gasteiger partial charge is 0.236 e. The van der Waals surface area contributed by atoms with Gasteiger partial charge in [-0.15, -0.1) is 6.42 Å². The third-order valence-corrected chi connectivity index (χ3v) is 2.71. The van der Waals surface area contributed by atoms with Crippen LogP contribution in [0.15, 0.2) is 0 Å². The van der Waals surface area contributed by atoms with Crippen molar-refractivity contribution in [2.75, 3.05) is 26.2 Å². The number of likely N-dealkylation sites (tertiary alicyclic amines) is 1. The Balaban J connectivity index is 2.26. The lowest BCUT2D eigenvalue weighted by Gasteiger charge is -2.24. The zero-order chi connectivity index (χ0) is 10.9. The number of nitrogens with one attached hydrogen (secondary N) is 1. The molecule has 1 aliphatic heterocycles. The number of nitrogens with zero attached hydrogens (tertiary/aromatic N) is 1. The average molecular weight is 208 g/mol. The molecule has 84 valence electrons. The summed E-state index contributed by atoms with van der Waals surface area (Å²) in [6.45, 7) is 2.68. The van der Waals surface area contributed by atoms with Crippen LogP contribution in [0.5, 0.6) is 0 Å². The van der Waals surface area contributed by atoms with Gasteiger partial charge in [0.05, 0.1) is 13.1 Å². The van der Waals surface area contributed by atoms with E-state index in [-0.39, 0.29) is 5.91 Å². The molecule has 0 aromatic carbocycles. The van der Waals surface area contributed by atoms with Crippen molar-refractivity contribution in [1.29, 1.82) is 0 Å². The Hall–Kier alpha value is -1.01. The summed E-state index contributed by atoms with van der Waals surface area (Å²) in [7, 11) is 0. The number of carbonyl (C=O) groups excluding carboxylic acids is 1. The minimum absolute atomic E-state index is 0.187. The molecule has 3 nitrogen and oxygen atoms in total. The summed E-state index contributed by atoms with van der Waals surface area (Å²) in [5.74, 6) is 2.65. The van der Waals surface area contributed by atoms with Gasteiger partial charge in [0.25, 0.3) is 0 Å². The van der Waals surface area contributed by atoms with Gasteiger partial charge in [0, 0.05) is 13.1 Å². The standard InChI is InChI=1S/C12H20N2O/c1-2-8-13-11-12(15)14-9-6-4-3-5-7-10-14/h1,13H,3-11H2. The molecule has 1 aliphatic rings. The molecule has 0 radical (unpaired) electrons. The first-order chi connectivity index (χ1) is 7.34. The highest BCUT2D eigenvalue weighted by Crippen LogP contribution is 2.10. The maximum absolute atomic E-state index is 11.7. The van der Waals surface area contributed by atoms with Crippen molar-refractivity contribution in [2.45, 2.75) is 32.1 Å². The van der Waals surface area contributed by atoms with Gasteiger partial charge in [-0.1, -0.05) is 25.2 Å². The van der Waals surface area contributed by atoms with Gasteiger partial charge >= 0.3 is 0 Å². The second-order valence-electron chi connectivity index (χ2n) is 3.96. The molecule has 0 bridgehead atoms. The Kier molecular flexibility index (Phi) is 5.87. The molecule has 1 heterocycles. The Morgan fingerprint density at radius 1 is 1.20 bits per heavy atom. The second-order valence-corrected chi connectivity index (χ2v) is 3.96. The molecule has 1 saturated heterocycles. The van der Waals surface area contributed by atoms with E-state index in [9.17, 15) is 4.79 Å². The van der Waals surface area contributed by atoms with E-state index in [4.69, 9.17) is 6.42 Å². The molecule has 1 amide bonds. The maximum atomic E-state index is 11.7. The minimum Gasteiger partial charge on any atom is -0.342 e. The van der Waals surface area contributed by atoms with Crippen LogP contribution in [0.2, 0.25) is 0 Å². The van der Waals surface area contributed by atoms with Crippen LogP contribution in [0, 0.1) is 12.3 Å². The summed E-state index contributed by atoms with van der Waals surface area (Å²) < 4.78 is 0. The quantitative estimate of drug-likeness (QED) is 0.554. The number of hydrogen-bond donors (Lipinski definition) is 1. The van der Waals surface area contributed by atoms with Crippen LogP contribution in [0.1, 0.15) is 32.1 Å². The predicted octanol–water partition coefficient (Wildman–Crippen LogP) is 1.00. The van der Waals surface area contributed by atoms with Crippen molar-refractivity contribution in [1.82, 2.24) is 10.2 Å². The van der Waals surface area contributed by atoms with Crippen LogP contribution in [0.4, 0.5) is 0 Å². The van der Waals surface area contributed by atoms with Crippen LogP contribution >= 0.6 is 0 Å². The highest BCUT2D eigenvalue weighted by Gasteiger charge is 2.13. The first-order valence-electron chi connectivity index (χ1n) is 5.76. The molecule has 0 aliphatic carbocycles. The van der Waals surface area contributed by atoms with Crippen molar-refractivity contribution in [3.05, 3.63) is 0 Å². The SMILES string of the molecule is C#CCNCC(=O)N1CCCCCCC1. The van der Waals surface area contributed by atoms with E-state index in [1.807, 2.05) is 4.90 Å². The first-order valence-corrected chi connectivity index (χ1v) is 5.76. The van der Waals surface area contributed by atoms with Gasteiger partial charge in [-0.3, -0.25) is 10.1 Å². The maximum Gasteiger partial charge on any atom is 0.236 e. The monoisotopic (exact) mass is 208 g/mol. The van der Waals surface area contributed by atoms with E-state index in [1.165, 1.54) is 19.3 Å². The van der Waals surface area contributed by atoms with Gasteiger partial charge in [0.1, 0.15) is 0 Å². The molecule has 1 fully saturated rings. The molecular weight excluding hydrogens is 188 g/mol. The molecule has 0 saturated carbocycles. The lowest BCUT2D eigenvalue weighted by molar-refractivity contribution is -0.130. The fraction of sp³-hybridized carbons (Fsp3) is 0.750. The van der Waals surface area contributed by atoms with Gasteiger partial charge in [-0.25, -0.2) is 0 Å². The Morgan fingerprint density at radius 3 is 2.40 bits per heavy atom. The topological polar surface area (TPSA) is 32.3 Å². The van der Waals surface area contributed by atoms with E-state index < -0.39 is 0 Å². The van der Waals surface area contributed by atoms with Gasteiger partial charge in [-0.2, -0.15) is 0 Å². The van der Waals surface area contributed by atoms with E-state index >= 15 is 0 Å². The highest BCUT2D eigenvalue weighted by atomic mass is 16.2. The second kappa shape index (κ2) is 7.30. The molecule has 0 aromatic rings. The molecule has 3 heteroatoms. The van der Waals surface area contributed by atoms with E-state index in [0.717, 1.165) is 25.9 Å². The number of terminal acetylenes is 1. The lowest BCUT2D eigenvalue weighted by atomic mass is 10.1. The van der Waals surface area contributed by atoms with Crippen LogP contribution in [-0.4, -0.2) is 37.0 Å². The Bertz CT molecular complexity index is 224. The summed E-state index contributed by atoms with van der Waals surface area (Å²) in [4.78, 5) is 13.7. The van der Waals surface area contributed by atoms with Crippen molar-refractivity contribution < 1.29 is 4.79 Å².